The van der Waals surface area contributed by atoms with E-state index in [0.717, 1.165) is 61.7 Å². The molecular weight excluding hydrogens is 468 g/mol. The molecule has 0 aromatic carbocycles. The molecule has 0 saturated heterocycles. The van der Waals surface area contributed by atoms with E-state index in [4.69, 9.17) is 9.47 Å². The number of allylic oxidation sites excluding steroid dienone is 1. The molecule has 0 heterocycles. The average molecular weight is 529 g/mol. The lowest BCUT2D eigenvalue weighted by molar-refractivity contribution is -0.0570. The maximum absolute atomic E-state index is 12.5. The minimum atomic E-state index is -0.443. The fraction of sp³-hybridized carbons (Fsp3) is 0.914. The van der Waals surface area contributed by atoms with E-state index in [-0.39, 0.29) is 6.10 Å². The Bertz CT molecular complexity index is 801. The predicted molar refractivity (Wildman–Crippen MR) is 158 cm³/mol. The highest BCUT2D eigenvalue weighted by Gasteiger charge is 2.58. The molecular formula is C35H60O3. The summed E-state index contributed by atoms with van der Waals surface area (Å²) in [5.41, 5.74) is 2.46. The Morgan fingerprint density at radius 2 is 1.82 bits per heavy atom. The van der Waals surface area contributed by atoms with Crippen LogP contribution in [0.5, 0.6) is 0 Å². The molecule has 0 bridgehead atoms. The van der Waals surface area contributed by atoms with E-state index in [9.17, 15) is 4.79 Å². The molecule has 3 fully saturated rings. The minimum Gasteiger partial charge on any atom is -0.434 e. The quantitative estimate of drug-likeness (QED) is 0.143. The Morgan fingerprint density at radius 3 is 2.55 bits per heavy atom. The van der Waals surface area contributed by atoms with Crippen molar-refractivity contribution in [3.63, 3.8) is 0 Å². The summed E-state index contributed by atoms with van der Waals surface area (Å²) in [6.07, 6.45) is 22.5. The SMILES string of the molecule is CCCCC(CC)COC(=O)OC1CCC2(C)C(=CCC3C2CCC2(C)C(CCCCC(C)C)CCC32)C1. The van der Waals surface area contributed by atoms with E-state index in [0.29, 0.717) is 23.4 Å². The van der Waals surface area contributed by atoms with Gasteiger partial charge in [0.1, 0.15) is 6.10 Å². The van der Waals surface area contributed by atoms with Crippen LogP contribution in [0.4, 0.5) is 4.79 Å². The van der Waals surface area contributed by atoms with Gasteiger partial charge in [0, 0.05) is 6.42 Å². The number of ether oxygens (including phenoxy) is 2. The van der Waals surface area contributed by atoms with Gasteiger partial charge < -0.3 is 9.47 Å². The molecule has 0 spiro atoms. The zero-order chi connectivity index (χ0) is 27.3. The third kappa shape index (κ3) is 6.49. The largest absolute Gasteiger partial charge is 0.508 e. The van der Waals surface area contributed by atoms with Crippen molar-refractivity contribution in [3.8, 4) is 0 Å². The summed E-state index contributed by atoms with van der Waals surface area (Å²) in [7, 11) is 0. The maximum atomic E-state index is 12.5. The topological polar surface area (TPSA) is 35.5 Å². The third-order valence-corrected chi connectivity index (χ3v) is 12.1. The van der Waals surface area contributed by atoms with Crippen LogP contribution < -0.4 is 0 Å². The van der Waals surface area contributed by atoms with Gasteiger partial charge >= 0.3 is 6.16 Å². The zero-order valence-corrected chi connectivity index (χ0v) is 25.9. The number of carbonyl (C=O) groups excluding carboxylic acids is 1. The first-order valence-electron chi connectivity index (χ1n) is 16.7. The summed E-state index contributed by atoms with van der Waals surface area (Å²) in [6.45, 7) is 14.9. The van der Waals surface area contributed by atoms with Gasteiger partial charge in [0.25, 0.3) is 0 Å². The van der Waals surface area contributed by atoms with Gasteiger partial charge in [-0.3, -0.25) is 0 Å². The van der Waals surface area contributed by atoms with Crippen LogP contribution in [0.25, 0.3) is 0 Å². The molecule has 0 amide bonds. The molecule has 218 valence electrons. The lowest BCUT2D eigenvalue weighted by Gasteiger charge is -2.58. The van der Waals surface area contributed by atoms with E-state index in [1.165, 1.54) is 70.6 Å². The van der Waals surface area contributed by atoms with Crippen LogP contribution in [-0.2, 0) is 9.47 Å². The van der Waals surface area contributed by atoms with Gasteiger partial charge in [-0.1, -0.05) is 91.7 Å². The first-order chi connectivity index (χ1) is 18.2. The first-order valence-corrected chi connectivity index (χ1v) is 16.7. The summed E-state index contributed by atoms with van der Waals surface area (Å²) in [5.74, 6) is 4.84. The molecule has 8 atom stereocenters. The van der Waals surface area contributed by atoms with Gasteiger partial charge in [0.2, 0.25) is 0 Å². The summed E-state index contributed by atoms with van der Waals surface area (Å²) >= 11 is 0. The average Bonchev–Trinajstić information content (AvgIpc) is 3.23. The van der Waals surface area contributed by atoms with Crippen molar-refractivity contribution < 1.29 is 14.3 Å². The monoisotopic (exact) mass is 528 g/mol. The Labute approximate surface area is 235 Å². The molecule has 8 unspecified atom stereocenters. The van der Waals surface area contributed by atoms with Gasteiger partial charge in [-0.05, 0) is 104 Å². The second-order valence-electron chi connectivity index (χ2n) is 14.7. The summed E-state index contributed by atoms with van der Waals surface area (Å²) < 4.78 is 11.5. The lowest BCUT2D eigenvalue weighted by Crippen LogP contribution is -2.50. The highest BCUT2D eigenvalue weighted by molar-refractivity contribution is 5.60. The van der Waals surface area contributed by atoms with Crippen LogP contribution in [0.15, 0.2) is 11.6 Å². The Balaban J connectivity index is 1.31. The van der Waals surface area contributed by atoms with E-state index in [1.54, 1.807) is 5.57 Å². The summed E-state index contributed by atoms with van der Waals surface area (Å²) in [5, 5.41) is 0. The van der Waals surface area contributed by atoms with Gasteiger partial charge in [-0.15, -0.1) is 0 Å². The fourth-order valence-corrected chi connectivity index (χ4v) is 9.51. The van der Waals surface area contributed by atoms with Crippen molar-refractivity contribution in [1.29, 1.82) is 0 Å². The Hall–Kier alpha value is -0.990. The molecule has 0 radical (unpaired) electrons. The lowest BCUT2D eigenvalue weighted by atomic mass is 9.47. The van der Waals surface area contributed by atoms with E-state index < -0.39 is 6.16 Å². The number of fused-ring (bicyclic) bond motifs is 5. The summed E-state index contributed by atoms with van der Waals surface area (Å²) in [4.78, 5) is 12.5. The van der Waals surface area contributed by atoms with E-state index >= 15 is 0 Å². The third-order valence-electron chi connectivity index (χ3n) is 12.1. The molecule has 38 heavy (non-hydrogen) atoms. The molecule has 0 aromatic heterocycles. The van der Waals surface area contributed by atoms with Gasteiger partial charge in [-0.25, -0.2) is 4.79 Å². The van der Waals surface area contributed by atoms with Crippen LogP contribution in [0, 0.1) is 46.3 Å². The van der Waals surface area contributed by atoms with Crippen LogP contribution in [0.1, 0.15) is 144 Å². The number of rotatable bonds is 12. The standard InChI is InChI=1S/C35H60O3/c1-7-9-13-26(8-2)24-37-33(36)38-29-19-21-35(6)28(23-29)15-17-30-31-18-16-27(14-11-10-12-25(3)4)34(31,5)22-20-32(30)35/h15,25-27,29-32H,7-14,16-24H2,1-6H3. The second kappa shape index (κ2) is 13.1. The number of carbonyl (C=O) groups is 1. The second-order valence-corrected chi connectivity index (χ2v) is 14.7. The van der Waals surface area contributed by atoms with Gasteiger partial charge in [-0.2, -0.15) is 0 Å². The van der Waals surface area contributed by atoms with Crippen LogP contribution in [-0.4, -0.2) is 18.9 Å². The smallest absolute Gasteiger partial charge is 0.434 e. The van der Waals surface area contributed by atoms with Crippen LogP contribution in [0.3, 0.4) is 0 Å². The van der Waals surface area contributed by atoms with Crippen molar-refractivity contribution >= 4 is 6.16 Å². The molecule has 0 aromatic rings. The molecule has 0 aliphatic heterocycles. The number of hydrogen-bond donors (Lipinski definition) is 0. The normalized spacial score (nSPS) is 37.1. The highest BCUT2D eigenvalue weighted by Crippen LogP contribution is 2.66. The van der Waals surface area contributed by atoms with Crippen molar-refractivity contribution in [2.75, 3.05) is 6.61 Å². The number of unbranched alkanes of at least 4 members (excludes halogenated alkanes) is 2. The van der Waals surface area contributed by atoms with Crippen molar-refractivity contribution in [2.24, 2.45) is 46.3 Å². The maximum Gasteiger partial charge on any atom is 0.508 e. The zero-order valence-electron chi connectivity index (χ0n) is 25.9. The highest BCUT2D eigenvalue weighted by atomic mass is 16.7. The molecule has 3 nitrogen and oxygen atoms in total. The van der Waals surface area contributed by atoms with E-state index in [2.05, 4.69) is 47.6 Å². The molecule has 4 rings (SSSR count). The first kappa shape index (κ1) is 30.0. The summed E-state index contributed by atoms with van der Waals surface area (Å²) in [6, 6.07) is 0. The molecule has 4 aliphatic carbocycles. The van der Waals surface area contributed by atoms with Gasteiger partial charge in [0.15, 0.2) is 0 Å². The number of hydrogen-bond acceptors (Lipinski definition) is 3. The Morgan fingerprint density at radius 1 is 1.00 bits per heavy atom. The van der Waals surface area contributed by atoms with Crippen molar-refractivity contribution in [2.45, 2.75) is 150 Å². The minimum absolute atomic E-state index is 0.00958. The predicted octanol–water partition coefficient (Wildman–Crippen LogP) is 10.5. The Kier molecular flexibility index (Phi) is 10.3. The van der Waals surface area contributed by atoms with Gasteiger partial charge in [0.05, 0.1) is 6.61 Å². The molecule has 3 heteroatoms. The molecule has 4 aliphatic rings. The molecule has 0 N–H and O–H groups in total. The van der Waals surface area contributed by atoms with Crippen molar-refractivity contribution in [3.05, 3.63) is 11.6 Å². The van der Waals surface area contributed by atoms with Crippen molar-refractivity contribution in [1.82, 2.24) is 0 Å². The van der Waals surface area contributed by atoms with Crippen LogP contribution >= 0.6 is 0 Å². The van der Waals surface area contributed by atoms with Crippen LogP contribution in [0.2, 0.25) is 0 Å². The fourth-order valence-electron chi connectivity index (χ4n) is 9.51. The molecule has 3 saturated carbocycles. The van der Waals surface area contributed by atoms with E-state index in [1.807, 2.05) is 0 Å².